The van der Waals surface area contributed by atoms with E-state index in [1.54, 1.807) is 47.9 Å². The summed E-state index contributed by atoms with van der Waals surface area (Å²) in [6, 6.07) is 17.9. The summed E-state index contributed by atoms with van der Waals surface area (Å²) in [6.45, 7) is 53.5. The van der Waals surface area contributed by atoms with Crippen LogP contribution in [0.3, 0.4) is 0 Å². The van der Waals surface area contributed by atoms with Gasteiger partial charge in [0.2, 0.25) is 0 Å². The first-order valence-electron chi connectivity index (χ1n) is 29.2. The van der Waals surface area contributed by atoms with E-state index in [1.165, 1.54) is 96.3 Å². The minimum Gasteiger partial charge on any atom is -0.0683 e. The van der Waals surface area contributed by atoms with Crippen molar-refractivity contribution in [1.82, 2.24) is 0 Å². The normalized spacial score (nSPS) is 19.1. The third-order valence-electron chi connectivity index (χ3n) is 11.4. The number of fused-ring (bicyclic) bond motifs is 4. The summed E-state index contributed by atoms with van der Waals surface area (Å²) in [7, 11) is 0. The molecule has 5 aliphatic rings. The molecule has 5 unspecified atom stereocenters. The van der Waals surface area contributed by atoms with E-state index in [4.69, 9.17) is 0 Å². The number of benzene rings is 2. The van der Waals surface area contributed by atoms with Crippen LogP contribution in [-0.2, 0) is 12.8 Å². The lowest BCUT2D eigenvalue weighted by atomic mass is 9.81. The number of rotatable bonds is 4. The highest BCUT2D eigenvalue weighted by molar-refractivity contribution is 5.33. The summed E-state index contributed by atoms with van der Waals surface area (Å²) in [5, 5.41) is 0. The molecular weight excluding hydrogens is 757 g/mol. The molecule has 0 nitrogen and oxygen atoms in total. The van der Waals surface area contributed by atoms with Crippen molar-refractivity contribution in [3.8, 4) is 0 Å². The number of aryl methyl sites for hydroxylation is 2. The van der Waals surface area contributed by atoms with Crippen LogP contribution in [0.2, 0.25) is 0 Å². The highest BCUT2D eigenvalue weighted by atomic mass is 14.4. The van der Waals surface area contributed by atoms with Crippen molar-refractivity contribution in [3.05, 3.63) is 70.8 Å². The van der Waals surface area contributed by atoms with Crippen molar-refractivity contribution < 1.29 is 0 Å². The van der Waals surface area contributed by atoms with Gasteiger partial charge in [0.05, 0.1) is 0 Å². The molecule has 0 radical (unpaired) electrons. The van der Waals surface area contributed by atoms with Crippen molar-refractivity contribution in [2.45, 2.75) is 314 Å². The molecule has 0 aromatic heterocycles. The van der Waals surface area contributed by atoms with E-state index in [9.17, 15) is 0 Å². The van der Waals surface area contributed by atoms with Gasteiger partial charge in [0.15, 0.2) is 0 Å². The van der Waals surface area contributed by atoms with E-state index in [0.29, 0.717) is 0 Å². The molecule has 2 aromatic carbocycles. The van der Waals surface area contributed by atoms with Gasteiger partial charge >= 0.3 is 0 Å². The maximum atomic E-state index is 2.35. The summed E-state index contributed by atoms with van der Waals surface area (Å²) in [5.41, 5.74) is 6.42. The molecule has 0 aliphatic heterocycles. The molecule has 5 atom stereocenters. The minimum absolute atomic E-state index is 0.843. The predicted molar refractivity (Wildman–Crippen MR) is 306 cm³/mol. The van der Waals surface area contributed by atoms with Crippen molar-refractivity contribution in [3.63, 3.8) is 0 Å². The minimum atomic E-state index is 0.843. The third-order valence-corrected chi connectivity index (χ3v) is 11.4. The van der Waals surface area contributed by atoms with Gasteiger partial charge < -0.3 is 0 Å². The zero-order valence-corrected chi connectivity index (χ0v) is 49.5. The molecular formula is C63H130. The van der Waals surface area contributed by atoms with Crippen LogP contribution in [0, 0.1) is 23.7 Å². The van der Waals surface area contributed by atoms with E-state index in [-0.39, 0.29) is 0 Å². The van der Waals surface area contributed by atoms with Crippen LogP contribution in [0.25, 0.3) is 0 Å². The van der Waals surface area contributed by atoms with Gasteiger partial charge in [0, 0.05) is 0 Å². The lowest BCUT2D eigenvalue weighted by Crippen LogP contribution is -2.08. The Labute approximate surface area is 406 Å². The molecule has 2 bridgehead atoms. The lowest BCUT2D eigenvalue weighted by molar-refractivity contribution is 0.324. The standard InChI is InChI=1S/2C12H16.C9H16.C7H14.C3H8.10C2H6/c2*1-2-10-7-5-8-11-6-3-4-9-12(10)11;1-2-8-5-7-3-4-9(8)6-7;1-2-7-5-3-4-6-7;1-3-2;10*1-2/h2*3-4,6,9-10H,2,5,7-8H2,1H3;7-9H,2-6H2,1H3;7H,2-6H2,1H3;3H2,1-2H3;10*1-2H3. The molecule has 0 amide bonds. The van der Waals surface area contributed by atoms with E-state index in [2.05, 4.69) is 90.1 Å². The molecule has 3 saturated carbocycles. The fraction of sp³-hybridized carbons (Fsp3) is 0.810. The number of hydrogen-bond donors (Lipinski definition) is 0. The molecule has 2 aromatic rings. The second kappa shape index (κ2) is 69.5. The highest BCUT2D eigenvalue weighted by Gasteiger charge is 2.38. The molecule has 0 spiro atoms. The first-order chi connectivity index (χ1) is 31.1. The van der Waals surface area contributed by atoms with E-state index in [0.717, 1.165) is 35.5 Å². The largest absolute Gasteiger partial charge is 0.0683 e. The fourth-order valence-corrected chi connectivity index (χ4v) is 8.85. The Morgan fingerprint density at radius 3 is 0.952 bits per heavy atom. The highest BCUT2D eigenvalue weighted by Crippen LogP contribution is 2.49. The van der Waals surface area contributed by atoms with Crippen LogP contribution >= 0.6 is 0 Å². The van der Waals surface area contributed by atoms with Gasteiger partial charge in [-0.15, -0.1) is 0 Å². The van der Waals surface area contributed by atoms with E-state index >= 15 is 0 Å². The predicted octanol–water partition coefficient (Wildman–Crippen LogP) is 24.1. The monoisotopic (exact) mass is 887 g/mol. The van der Waals surface area contributed by atoms with Gasteiger partial charge in [0.1, 0.15) is 0 Å². The first kappa shape index (κ1) is 78.6. The smallest absolute Gasteiger partial charge is 0.0162 e. The fourth-order valence-electron chi connectivity index (χ4n) is 8.85. The summed E-state index contributed by atoms with van der Waals surface area (Å²) in [6.07, 6.45) is 27.2. The van der Waals surface area contributed by atoms with Crippen molar-refractivity contribution in [2.75, 3.05) is 0 Å². The Hall–Kier alpha value is -1.56. The average Bonchev–Trinajstić information content (AvgIpc) is 4.22. The SMILES string of the molecule is CC.CC.CC.CC.CC.CC.CC.CC.CC.CC.CCC.CCC1CC2CCC1C2.CCC1CCCC1.CCC1CCCc2ccccc21.CCC1CCCc2ccccc21. The first-order valence-corrected chi connectivity index (χ1v) is 29.2. The van der Waals surface area contributed by atoms with Crippen LogP contribution in [0.1, 0.15) is 323 Å². The van der Waals surface area contributed by atoms with Gasteiger partial charge in [-0.1, -0.05) is 280 Å². The summed E-state index contributed by atoms with van der Waals surface area (Å²) >= 11 is 0. The second-order valence-corrected chi connectivity index (χ2v) is 14.5. The molecule has 63 heavy (non-hydrogen) atoms. The van der Waals surface area contributed by atoms with Gasteiger partial charge in [-0.05, 0) is 128 Å². The van der Waals surface area contributed by atoms with E-state index < -0.39 is 0 Å². The van der Waals surface area contributed by atoms with Crippen LogP contribution in [0.15, 0.2) is 48.5 Å². The summed E-state index contributed by atoms with van der Waals surface area (Å²) in [5.74, 6) is 6.22. The molecule has 0 saturated heterocycles. The Morgan fingerprint density at radius 2 is 0.714 bits per heavy atom. The van der Waals surface area contributed by atoms with Crippen LogP contribution in [-0.4, -0.2) is 0 Å². The summed E-state index contributed by atoms with van der Waals surface area (Å²) in [4.78, 5) is 0. The molecule has 3 fully saturated rings. The van der Waals surface area contributed by atoms with Gasteiger partial charge in [-0.3, -0.25) is 0 Å². The van der Waals surface area contributed by atoms with Gasteiger partial charge in [0.25, 0.3) is 0 Å². The van der Waals surface area contributed by atoms with E-state index in [1.807, 2.05) is 138 Å². The summed E-state index contributed by atoms with van der Waals surface area (Å²) < 4.78 is 0. The molecule has 0 heterocycles. The zero-order valence-electron chi connectivity index (χ0n) is 49.5. The van der Waals surface area contributed by atoms with Crippen molar-refractivity contribution in [1.29, 1.82) is 0 Å². The zero-order chi connectivity index (χ0) is 50.9. The molecule has 0 N–H and O–H groups in total. The molecule has 0 heteroatoms. The van der Waals surface area contributed by atoms with Crippen LogP contribution < -0.4 is 0 Å². The molecule has 7 rings (SSSR count). The Balaban J connectivity index is -0.0000000932. The van der Waals surface area contributed by atoms with Crippen LogP contribution in [0.4, 0.5) is 0 Å². The lowest BCUT2D eigenvalue weighted by Gasteiger charge is -2.23. The molecule has 5 aliphatic carbocycles. The van der Waals surface area contributed by atoms with Crippen LogP contribution in [0.5, 0.6) is 0 Å². The second-order valence-electron chi connectivity index (χ2n) is 14.5. The van der Waals surface area contributed by atoms with Gasteiger partial charge in [-0.2, -0.15) is 0 Å². The van der Waals surface area contributed by atoms with Gasteiger partial charge in [-0.25, -0.2) is 0 Å². The average molecular weight is 888 g/mol. The third kappa shape index (κ3) is 39.3. The maximum Gasteiger partial charge on any atom is -0.0162 e. The maximum absolute atomic E-state index is 2.35. The quantitative estimate of drug-likeness (QED) is 0.287. The van der Waals surface area contributed by atoms with Crippen molar-refractivity contribution >= 4 is 0 Å². The topological polar surface area (TPSA) is 0 Å². The Bertz CT molecular complexity index is 924. The Morgan fingerprint density at radius 1 is 0.365 bits per heavy atom. The molecule has 382 valence electrons. The van der Waals surface area contributed by atoms with Crippen molar-refractivity contribution in [2.24, 2.45) is 23.7 Å². The Kier molecular flexibility index (Phi) is 86.7. The number of hydrogen-bond acceptors (Lipinski definition) is 0.